The minimum absolute atomic E-state index is 1.28. The molecule has 74 valence electrons. The smallest absolute Gasteiger partial charge is 0.173 e. The maximum atomic E-state index is 6.20. The van der Waals surface area contributed by atoms with Crippen molar-refractivity contribution in [2.75, 3.05) is 0 Å². The van der Waals surface area contributed by atoms with Gasteiger partial charge in [-0.05, 0) is 38.8 Å². The van der Waals surface area contributed by atoms with Crippen LogP contribution in [-0.2, 0) is 4.12 Å². The third-order valence-corrected chi connectivity index (χ3v) is 7.93. The highest BCUT2D eigenvalue weighted by Crippen LogP contribution is 2.20. The summed E-state index contributed by atoms with van der Waals surface area (Å²) in [7, 11) is -2.58. The molecule has 0 radical (unpaired) electrons. The molecular formula is C9H24OSi2. The Bertz CT molecular complexity index is 127. The molecule has 0 heterocycles. The minimum atomic E-state index is -1.30. The predicted octanol–water partition coefficient (Wildman–Crippen LogP) is 3.84. The van der Waals surface area contributed by atoms with Crippen molar-refractivity contribution in [3.63, 3.8) is 0 Å². The molecule has 0 aromatic carbocycles. The highest BCUT2D eigenvalue weighted by molar-refractivity contribution is 6.84. The molecular weight excluding hydrogens is 180 g/mol. The van der Waals surface area contributed by atoms with Crippen LogP contribution in [0, 0.1) is 0 Å². The molecule has 3 heteroatoms. The molecule has 0 saturated carbocycles. The fraction of sp³-hybridized carbons (Fsp3) is 1.00. The van der Waals surface area contributed by atoms with Crippen molar-refractivity contribution in [3.05, 3.63) is 0 Å². The fourth-order valence-electron chi connectivity index (χ4n) is 1.48. The van der Waals surface area contributed by atoms with Crippen LogP contribution in [0.4, 0.5) is 0 Å². The minimum Gasteiger partial charge on any atom is -0.456 e. The van der Waals surface area contributed by atoms with Crippen molar-refractivity contribution in [3.8, 4) is 0 Å². The Morgan fingerprint density at radius 3 is 1.83 bits per heavy atom. The molecule has 0 bridgehead atoms. The number of rotatable bonds is 5. The van der Waals surface area contributed by atoms with E-state index in [0.717, 1.165) is 0 Å². The van der Waals surface area contributed by atoms with Gasteiger partial charge < -0.3 is 4.12 Å². The fourth-order valence-corrected chi connectivity index (χ4v) is 9.73. The summed E-state index contributed by atoms with van der Waals surface area (Å²) in [6.07, 6.45) is 2.63. The molecule has 0 rings (SSSR count). The molecule has 1 nitrogen and oxygen atoms in total. The molecule has 0 aromatic rings. The van der Waals surface area contributed by atoms with E-state index in [-0.39, 0.29) is 0 Å². The van der Waals surface area contributed by atoms with E-state index < -0.39 is 16.6 Å². The van der Waals surface area contributed by atoms with Gasteiger partial charge in [0.15, 0.2) is 16.6 Å². The Morgan fingerprint density at radius 2 is 1.50 bits per heavy atom. The number of hydrogen-bond donors (Lipinski definition) is 0. The zero-order chi connectivity index (χ0) is 9.83. The van der Waals surface area contributed by atoms with Gasteiger partial charge in [0.2, 0.25) is 0 Å². The van der Waals surface area contributed by atoms with E-state index in [9.17, 15) is 0 Å². The van der Waals surface area contributed by atoms with E-state index >= 15 is 0 Å². The maximum Gasteiger partial charge on any atom is 0.173 e. The molecule has 0 aliphatic rings. The van der Waals surface area contributed by atoms with E-state index in [0.29, 0.717) is 0 Å². The second-order valence-electron chi connectivity index (χ2n) is 5.08. The summed E-state index contributed by atoms with van der Waals surface area (Å²) >= 11 is 0. The van der Waals surface area contributed by atoms with Crippen LogP contribution in [0.3, 0.4) is 0 Å². The normalized spacial score (nSPS) is 13.5. The van der Waals surface area contributed by atoms with Crippen LogP contribution in [0.1, 0.15) is 19.8 Å². The average molecular weight is 204 g/mol. The highest BCUT2D eigenvalue weighted by atomic mass is 28.4. The van der Waals surface area contributed by atoms with Gasteiger partial charge in [-0.25, -0.2) is 0 Å². The molecule has 0 unspecified atom stereocenters. The van der Waals surface area contributed by atoms with E-state index in [1.807, 2.05) is 0 Å². The largest absolute Gasteiger partial charge is 0.456 e. The first-order valence-corrected chi connectivity index (χ1v) is 11.5. The molecule has 0 spiro atoms. The SMILES string of the molecule is CCCC[Si](C)(C)O[Si](C)(C)C. The van der Waals surface area contributed by atoms with Gasteiger partial charge in [-0.3, -0.25) is 0 Å². The molecule has 0 saturated heterocycles. The molecule has 0 aliphatic heterocycles. The Balaban J connectivity index is 3.86. The summed E-state index contributed by atoms with van der Waals surface area (Å²) < 4.78 is 6.20. The molecule has 0 fully saturated rings. The first-order valence-electron chi connectivity index (χ1n) is 4.97. The highest BCUT2D eigenvalue weighted by Gasteiger charge is 2.28. The van der Waals surface area contributed by atoms with Gasteiger partial charge in [0, 0.05) is 0 Å². The van der Waals surface area contributed by atoms with E-state index in [1.54, 1.807) is 0 Å². The van der Waals surface area contributed by atoms with Crippen LogP contribution in [0.25, 0.3) is 0 Å². The van der Waals surface area contributed by atoms with Gasteiger partial charge in [-0.15, -0.1) is 0 Å². The molecule has 0 amide bonds. The Labute approximate surface area is 79.8 Å². The Kier molecular flexibility index (Phi) is 4.73. The van der Waals surface area contributed by atoms with Gasteiger partial charge in [-0.1, -0.05) is 19.8 Å². The lowest BCUT2D eigenvalue weighted by atomic mass is 10.4. The number of hydrogen-bond acceptors (Lipinski definition) is 1. The van der Waals surface area contributed by atoms with Gasteiger partial charge in [0.05, 0.1) is 0 Å². The summed E-state index contributed by atoms with van der Waals surface area (Å²) in [6, 6.07) is 1.33. The standard InChI is InChI=1S/C9H24OSi2/c1-7-8-9-12(5,6)10-11(2,3)4/h7-9H2,1-6H3. The first kappa shape index (κ1) is 12.4. The molecule has 0 aromatic heterocycles. The van der Waals surface area contributed by atoms with E-state index in [4.69, 9.17) is 4.12 Å². The number of unbranched alkanes of at least 4 members (excludes halogenated alkanes) is 1. The second kappa shape index (κ2) is 4.58. The maximum absolute atomic E-state index is 6.20. The van der Waals surface area contributed by atoms with Crippen LogP contribution in [0.2, 0.25) is 38.8 Å². The third kappa shape index (κ3) is 7.07. The van der Waals surface area contributed by atoms with E-state index in [1.165, 1.54) is 18.9 Å². The molecule has 0 N–H and O–H groups in total. The lowest BCUT2D eigenvalue weighted by molar-refractivity contribution is 0.543. The molecule has 0 atom stereocenters. The zero-order valence-electron chi connectivity index (χ0n) is 9.53. The Hall–Kier alpha value is 0.394. The first-order chi connectivity index (χ1) is 5.27. The van der Waals surface area contributed by atoms with Crippen LogP contribution in [-0.4, -0.2) is 16.6 Å². The summed E-state index contributed by atoms with van der Waals surface area (Å²) in [6.45, 7) is 13.8. The van der Waals surface area contributed by atoms with Crippen molar-refractivity contribution < 1.29 is 4.12 Å². The summed E-state index contributed by atoms with van der Waals surface area (Å²) in [5.41, 5.74) is 0. The quantitative estimate of drug-likeness (QED) is 0.618. The van der Waals surface area contributed by atoms with E-state index in [2.05, 4.69) is 39.7 Å². The second-order valence-corrected chi connectivity index (χ2v) is 14.1. The van der Waals surface area contributed by atoms with Crippen LogP contribution in [0.15, 0.2) is 0 Å². The van der Waals surface area contributed by atoms with Gasteiger partial charge in [0.25, 0.3) is 0 Å². The van der Waals surface area contributed by atoms with Crippen molar-refractivity contribution >= 4 is 16.6 Å². The predicted molar refractivity (Wildman–Crippen MR) is 61.6 cm³/mol. The van der Waals surface area contributed by atoms with Crippen molar-refractivity contribution in [1.29, 1.82) is 0 Å². The van der Waals surface area contributed by atoms with Crippen LogP contribution >= 0.6 is 0 Å². The van der Waals surface area contributed by atoms with Crippen LogP contribution in [0.5, 0.6) is 0 Å². The van der Waals surface area contributed by atoms with Gasteiger partial charge in [0.1, 0.15) is 0 Å². The molecule has 0 aliphatic carbocycles. The summed E-state index contributed by atoms with van der Waals surface area (Å²) in [4.78, 5) is 0. The van der Waals surface area contributed by atoms with Crippen molar-refractivity contribution in [1.82, 2.24) is 0 Å². The van der Waals surface area contributed by atoms with Crippen molar-refractivity contribution in [2.45, 2.75) is 58.5 Å². The zero-order valence-corrected chi connectivity index (χ0v) is 11.5. The van der Waals surface area contributed by atoms with Gasteiger partial charge >= 0.3 is 0 Å². The third-order valence-electron chi connectivity index (χ3n) is 1.71. The topological polar surface area (TPSA) is 9.23 Å². The van der Waals surface area contributed by atoms with Crippen LogP contribution < -0.4 is 0 Å². The lowest BCUT2D eigenvalue weighted by Crippen LogP contribution is -2.42. The van der Waals surface area contributed by atoms with Gasteiger partial charge in [-0.2, -0.15) is 0 Å². The summed E-state index contributed by atoms with van der Waals surface area (Å²) in [5, 5.41) is 0. The summed E-state index contributed by atoms with van der Waals surface area (Å²) in [5.74, 6) is 0. The molecule has 12 heavy (non-hydrogen) atoms. The monoisotopic (exact) mass is 204 g/mol. The average Bonchev–Trinajstić information content (AvgIpc) is 1.78. The Morgan fingerprint density at radius 1 is 1.00 bits per heavy atom. The lowest BCUT2D eigenvalue weighted by Gasteiger charge is -2.31. The van der Waals surface area contributed by atoms with Crippen molar-refractivity contribution in [2.24, 2.45) is 0 Å².